The van der Waals surface area contributed by atoms with Crippen LogP contribution < -0.4 is 5.32 Å². The lowest BCUT2D eigenvalue weighted by Gasteiger charge is -2.04. The minimum absolute atomic E-state index is 0.122. The Balaban J connectivity index is 3.34. The number of rotatable bonds is 3. The van der Waals surface area contributed by atoms with Crippen LogP contribution in [-0.2, 0) is 4.79 Å². The molecule has 0 bridgehead atoms. The monoisotopic (exact) mass is 147 g/mol. The van der Waals surface area contributed by atoms with Gasteiger partial charge in [-0.2, -0.15) is 11.8 Å². The van der Waals surface area contributed by atoms with Crippen LogP contribution in [-0.4, -0.2) is 24.5 Å². The molecule has 2 nitrogen and oxygen atoms in total. The van der Waals surface area contributed by atoms with Gasteiger partial charge in [-0.15, -0.1) is 0 Å². The summed E-state index contributed by atoms with van der Waals surface area (Å²) in [5.74, 6) is 0.122. The van der Waals surface area contributed by atoms with Crippen molar-refractivity contribution in [1.82, 2.24) is 5.32 Å². The summed E-state index contributed by atoms with van der Waals surface area (Å²) in [6, 6.07) is 0. The van der Waals surface area contributed by atoms with Gasteiger partial charge in [0.25, 0.3) is 0 Å². The van der Waals surface area contributed by atoms with Crippen LogP contribution in [0.1, 0.15) is 13.3 Å². The van der Waals surface area contributed by atoms with Crippen LogP contribution in [0, 0.1) is 0 Å². The van der Waals surface area contributed by atoms with Crippen LogP contribution in [0.4, 0.5) is 0 Å². The molecule has 0 saturated carbocycles. The highest BCUT2D eigenvalue weighted by Crippen LogP contribution is 2.08. The van der Waals surface area contributed by atoms with Gasteiger partial charge in [0.05, 0.1) is 0 Å². The summed E-state index contributed by atoms with van der Waals surface area (Å²) < 4.78 is 0. The third-order valence-electron chi connectivity index (χ3n) is 1.15. The predicted molar refractivity (Wildman–Crippen MR) is 41.7 cm³/mol. The van der Waals surface area contributed by atoms with E-state index in [1.54, 1.807) is 18.8 Å². The summed E-state index contributed by atoms with van der Waals surface area (Å²) in [6.45, 7) is 2.04. The zero-order chi connectivity index (χ0) is 7.28. The van der Waals surface area contributed by atoms with E-state index in [0.29, 0.717) is 11.7 Å². The van der Waals surface area contributed by atoms with Crippen molar-refractivity contribution in [2.45, 2.75) is 18.6 Å². The molecule has 0 saturated heterocycles. The van der Waals surface area contributed by atoms with Crippen molar-refractivity contribution in [1.29, 1.82) is 0 Å². The van der Waals surface area contributed by atoms with Gasteiger partial charge in [0, 0.05) is 18.7 Å². The molecule has 0 aliphatic heterocycles. The lowest BCUT2D eigenvalue weighted by molar-refractivity contribution is -0.120. The zero-order valence-corrected chi connectivity index (χ0v) is 6.92. The minimum Gasteiger partial charge on any atom is -0.359 e. The first-order valence-corrected chi connectivity index (χ1v) is 4.23. The fraction of sp³-hybridized carbons (Fsp3) is 0.833. The first-order chi connectivity index (χ1) is 4.20. The fourth-order valence-electron chi connectivity index (χ4n) is 0.446. The van der Waals surface area contributed by atoms with E-state index in [4.69, 9.17) is 0 Å². The molecule has 1 amide bonds. The van der Waals surface area contributed by atoms with Gasteiger partial charge < -0.3 is 5.32 Å². The van der Waals surface area contributed by atoms with Gasteiger partial charge in [-0.3, -0.25) is 4.79 Å². The summed E-state index contributed by atoms with van der Waals surface area (Å²) in [5, 5.41) is 3.01. The molecule has 1 N–H and O–H groups in total. The van der Waals surface area contributed by atoms with E-state index in [2.05, 4.69) is 5.32 Å². The molecule has 54 valence electrons. The summed E-state index contributed by atoms with van der Waals surface area (Å²) >= 11 is 1.71. The van der Waals surface area contributed by atoms with Gasteiger partial charge in [0.1, 0.15) is 0 Å². The number of hydrogen-bond donors (Lipinski definition) is 1. The molecular weight excluding hydrogens is 134 g/mol. The number of carbonyl (C=O) groups excluding carboxylic acids is 1. The van der Waals surface area contributed by atoms with Crippen LogP contribution in [0.25, 0.3) is 0 Å². The normalized spacial score (nSPS) is 12.8. The average Bonchev–Trinajstić information content (AvgIpc) is 1.87. The predicted octanol–water partition coefficient (Wildman–Crippen LogP) is 0.874. The number of nitrogens with one attached hydrogen (secondary N) is 1. The third kappa shape index (κ3) is 4.33. The molecule has 0 aromatic carbocycles. The molecule has 3 heteroatoms. The maximum Gasteiger partial charge on any atom is 0.220 e. The average molecular weight is 147 g/mol. The van der Waals surface area contributed by atoms with Crippen LogP contribution >= 0.6 is 11.8 Å². The van der Waals surface area contributed by atoms with Crippen molar-refractivity contribution in [3.05, 3.63) is 0 Å². The molecule has 0 aromatic heterocycles. The summed E-state index contributed by atoms with van der Waals surface area (Å²) in [4.78, 5) is 10.7. The number of hydrogen-bond acceptors (Lipinski definition) is 2. The Labute approximate surface area is 60.4 Å². The largest absolute Gasteiger partial charge is 0.359 e. The van der Waals surface area contributed by atoms with Crippen molar-refractivity contribution >= 4 is 17.7 Å². The maximum absolute atomic E-state index is 10.7. The minimum atomic E-state index is 0.122. The van der Waals surface area contributed by atoms with E-state index in [1.807, 2.05) is 13.2 Å². The van der Waals surface area contributed by atoms with Crippen molar-refractivity contribution in [3.8, 4) is 0 Å². The molecular formula is C6H13NOS. The van der Waals surface area contributed by atoms with Crippen molar-refractivity contribution in [3.63, 3.8) is 0 Å². The number of amides is 1. The van der Waals surface area contributed by atoms with Gasteiger partial charge >= 0.3 is 0 Å². The second-order valence-electron chi connectivity index (χ2n) is 1.92. The zero-order valence-electron chi connectivity index (χ0n) is 6.10. The number of thioether (sulfide) groups is 1. The van der Waals surface area contributed by atoms with Crippen LogP contribution in [0.15, 0.2) is 0 Å². The van der Waals surface area contributed by atoms with Gasteiger partial charge in [-0.05, 0) is 6.26 Å². The molecule has 0 heterocycles. The van der Waals surface area contributed by atoms with E-state index < -0.39 is 0 Å². The molecule has 0 rings (SSSR count). The number of carbonyl (C=O) groups is 1. The fourth-order valence-corrected chi connectivity index (χ4v) is 0.765. The van der Waals surface area contributed by atoms with E-state index in [-0.39, 0.29) is 5.91 Å². The molecule has 0 aromatic rings. The van der Waals surface area contributed by atoms with E-state index in [9.17, 15) is 4.79 Å². The first kappa shape index (κ1) is 8.82. The van der Waals surface area contributed by atoms with E-state index in [0.717, 1.165) is 0 Å². The van der Waals surface area contributed by atoms with Gasteiger partial charge in [-0.25, -0.2) is 0 Å². The Bertz CT molecular complexity index is 95.1. The molecule has 0 aliphatic rings. The Morgan fingerprint density at radius 1 is 1.78 bits per heavy atom. The van der Waals surface area contributed by atoms with Crippen molar-refractivity contribution in [2.24, 2.45) is 0 Å². The van der Waals surface area contributed by atoms with Gasteiger partial charge in [0.15, 0.2) is 0 Å². The summed E-state index contributed by atoms with van der Waals surface area (Å²) in [6.07, 6.45) is 2.63. The first-order valence-electron chi connectivity index (χ1n) is 2.94. The highest BCUT2D eigenvalue weighted by molar-refractivity contribution is 7.99. The lowest BCUT2D eigenvalue weighted by Crippen LogP contribution is -2.20. The highest BCUT2D eigenvalue weighted by Gasteiger charge is 2.03. The topological polar surface area (TPSA) is 29.1 Å². The quantitative estimate of drug-likeness (QED) is 0.642. The van der Waals surface area contributed by atoms with Gasteiger partial charge in [-0.1, -0.05) is 6.92 Å². The van der Waals surface area contributed by atoms with Crippen molar-refractivity contribution < 1.29 is 4.79 Å². The molecule has 0 aliphatic carbocycles. The third-order valence-corrected chi connectivity index (χ3v) is 2.13. The Kier molecular flexibility index (Phi) is 4.58. The second-order valence-corrected chi connectivity index (χ2v) is 3.20. The Morgan fingerprint density at radius 3 is 2.67 bits per heavy atom. The standard InChI is InChI=1S/C6H13NOS/c1-5(9-3)4-6(8)7-2/h5H,4H2,1-3H3,(H,7,8). The molecule has 0 spiro atoms. The Morgan fingerprint density at radius 2 is 2.33 bits per heavy atom. The van der Waals surface area contributed by atoms with Crippen molar-refractivity contribution in [2.75, 3.05) is 13.3 Å². The second kappa shape index (κ2) is 4.68. The molecule has 9 heavy (non-hydrogen) atoms. The smallest absolute Gasteiger partial charge is 0.220 e. The molecule has 0 fully saturated rings. The summed E-state index contributed by atoms with van der Waals surface area (Å²) in [7, 11) is 1.66. The maximum atomic E-state index is 10.7. The van der Waals surface area contributed by atoms with E-state index in [1.165, 1.54) is 0 Å². The SMILES string of the molecule is CNC(=O)CC(C)SC. The molecule has 1 unspecified atom stereocenters. The summed E-state index contributed by atoms with van der Waals surface area (Å²) in [5.41, 5.74) is 0. The lowest BCUT2D eigenvalue weighted by atomic mass is 10.3. The van der Waals surface area contributed by atoms with Crippen LogP contribution in [0.5, 0.6) is 0 Å². The molecule has 0 radical (unpaired) electrons. The van der Waals surface area contributed by atoms with E-state index >= 15 is 0 Å². The van der Waals surface area contributed by atoms with Crippen LogP contribution in [0.3, 0.4) is 0 Å². The molecule has 1 atom stereocenters. The Hall–Kier alpha value is -0.180. The van der Waals surface area contributed by atoms with Crippen LogP contribution in [0.2, 0.25) is 0 Å². The van der Waals surface area contributed by atoms with Gasteiger partial charge in [0.2, 0.25) is 5.91 Å². The highest BCUT2D eigenvalue weighted by atomic mass is 32.2.